The van der Waals surface area contributed by atoms with E-state index in [4.69, 9.17) is 10.5 Å². The van der Waals surface area contributed by atoms with Crippen molar-refractivity contribution in [1.82, 2.24) is 19.7 Å². The minimum absolute atomic E-state index is 0.287. The molecule has 0 bridgehead atoms. The molecular formula is C17H17FN6O2. The molecule has 1 amide bonds. The fourth-order valence-corrected chi connectivity index (χ4v) is 2.38. The number of nitrogens with one attached hydrogen (secondary N) is 1. The molecule has 3 aromatic rings. The fraction of sp³-hybridized carbons (Fsp3) is 0.176. The highest BCUT2D eigenvalue weighted by Gasteiger charge is 2.19. The molecule has 0 unspecified atom stereocenters. The Balaban J connectivity index is 1.77. The standard InChI is InChI=1S/C17H17FN6O2/c1-10(12-5-3-4-6-14(12)18)26-17(25)23-16-13(9-22-24(16)2)15-20-7-11(19)8-21-15/h3-10H,19H2,1-2H3,(H,23,25)/t10-/m1/s1. The third kappa shape index (κ3) is 3.61. The second-order valence-electron chi connectivity index (χ2n) is 5.56. The molecule has 2 aromatic heterocycles. The van der Waals surface area contributed by atoms with E-state index in [-0.39, 0.29) is 5.56 Å². The Hall–Kier alpha value is -3.49. The third-order valence-corrected chi connectivity index (χ3v) is 3.70. The molecule has 0 aliphatic heterocycles. The Bertz CT molecular complexity index is 925. The van der Waals surface area contributed by atoms with E-state index in [1.165, 1.54) is 29.3 Å². The lowest BCUT2D eigenvalue weighted by Crippen LogP contribution is -2.19. The van der Waals surface area contributed by atoms with Gasteiger partial charge in [-0.2, -0.15) is 5.10 Å². The predicted octanol–water partition coefficient (Wildman–Crippen LogP) is 2.91. The van der Waals surface area contributed by atoms with Gasteiger partial charge in [0.25, 0.3) is 0 Å². The zero-order valence-corrected chi connectivity index (χ0v) is 14.2. The number of nitrogen functional groups attached to an aromatic ring is 1. The number of halogens is 1. The van der Waals surface area contributed by atoms with Crippen LogP contribution in [0.3, 0.4) is 0 Å². The topological polar surface area (TPSA) is 108 Å². The van der Waals surface area contributed by atoms with Crippen LogP contribution >= 0.6 is 0 Å². The highest BCUT2D eigenvalue weighted by molar-refractivity contribution is 5.88. The van der Waals surface area contributed by atoms with Gasteiger partial charge in [-0.05, 0) is 13.0 Å². The average molecular weight is 356 g/mol. The number of hydrogen-bond donors (Lipinski definition) is 2. The lowest BCUT2D eigenvalue weighted by Gasteiger charge is -2.15. The molecule has 1 aromatic carbocycles. The molecule has 0 aliphatic carbocycles. The maximum absolute atomic E-state index is 13.8. The van der Waals surface area contributed by atoms with E-state index < -0.39 is 18.0 Å². The minimum atomic E-state index is -0.763. The normalized spacial score (nSPS) is 11.8. The van der Waals surface area contributed by atoms with Crippen LogP contribution in [0.2, 0.25) is 0 Å². The number of nitrogens with two attached hydrogens (primary N) is 1. The molecule has 3 N–H and O–H groups in total. The summed E-state index contributed by atoms with van der Waals surface area (Å²) in [6, 6.07) is 6.11. The first-order valence-corrected chi connectivity index (χ1v) is 7.77. The van der Waals surface area contributed by atoms with Crippen LogP contribution in [0.1, 0.15) is 18.6 Å². The molecule has 26 heavy (non-hydrogen) atoms. The second-order valence-corrected chi connectivity index (χ2v) is 5.56. The number of carbonyl (C=O) groups is 1. The summed E-state index contributed by atoms with van der Waals surface area (Å²) in [5.41, 5.74) is 6.80. The molecule has 0 saturated carbocycles. The quantitative estimate of drug-likeness (QED) is 0.744. The largest absolute Gasteiger partial charge is 0.441 e. The summed E-state index contributed by atoms with van der Waals surface area (Å²) in [7, 11) is 1.65. The Labute approximate surface area is 148 Å². The number of amides is 1. The monoisotopic (exact) mass is 356 g/mol. The van der Waals surface area contributed by atoms with Crippen molar-refractivity contribution in [3.05, 3.63) is 54.2 Å². The van der Waals surface area contributed by atoms with Crippen molar-refractivity contribution >= 4 is 17.6 Å². The number of anilines is 2. The molecule has 0 radical (unpaired) electrons. The van der Waals surface area contributed by atoms with Crippen molar-refractivity contribution < 1.29 is 13.9 Å². The van der Waals surface area contributed by atoms with Crippen LogP contribution in [-0.4, -0.2) is 25.8 Å². The van der Waals surface area contributed by atoms with Gasteiger partial charge in [0, 0.05) is 12.6 Å². The number of benzene rings is 1. The van der Waals surface area contributed by atoms with E-state index in [0.29, 0.717) is 22.9 Å². The van der Waals surface area contributed by atoms with Gasteiger partial charge >= 0.3 is 6.09 Å². The summed E-state index contributed by atoms with van der Waals surface area (Å²) in [5.74, 6) is 0.259. The van der Waals surface area contributed by atoms with Gasteiger partial charge < -0.3 is 10.5 Å². The molecule has 9 heteroatoms. The molecule has 134 valence electrons. The number of nitrogens with zero attached hydrogens (tertiary/aromatic N) is 4. The Morgan fingerprint density at radius 3 is 2.65 bits per heavy atom. The van der Waals surface area contributed by atoms with Gasteiger partial charge in [0.15, 0.2) is 5.82 Å². The Morgan fingerprint density at radius 2 is 1.96 bits per heavy atom. The highest BCUT2D eigenvalue weighted by Crippen LogP contribution is 2.26. The summed E-state index contributed by atoms with van der Waals surface area (Å²) < 4.78 is 20.5. The first-order chi connectivity index (χ1) is 12.5. The predicted molar refractivity (Wildman–Crippen MR) is 93.6 cm³/mol. The van der Waals surface area contributed by atoms with Gasteiger partial charge in [-0.25, -0.2) is 19.2 Å². The van der Waals surface area contributed by atoms with Gasteiger partial charge in [0.1, 0.15) is 17.7 Å². The molecule has 0 spiro atoms. The summed E-state index contributed by atoms with van der Waals surface area (Å²) in [4.78, 5) is 20.5. The number of aryl methyl sites for hydroxylation is 1. The van der Waals surface area contributed by atoms with Crippen molar-refractivity contribution in [3.63, 3.8) is 0 Å². The number of rotatable bonds is 4. The molecule has 1 atom stereocenters. The van der Waals surface area contributed by atoms with Crippen LogP contribution in [0.4, 0.5) is 20.7 Å². The van der Waals surface area contributed by atoms with E-state index in [2.05, 4.69) is 20.4 Å². The molecular weight excluding hydrogens is 339 g/mol. The minimum Gasteiger partial charge on any atom is -0.441 e. The average Bonchev–Trinajstić information content (AvgIpc) is 2.96. The first-order valence-electron chi connectivity index (χ1n) is 7.77. The molecule has 0 saturated heterocycles. The zero-order valence-electron chi connectivity index (χ0n) is 14.2. The molecule has 0 aliphatic rings. The maximum atomic E-state index is 13.8. The van der Waals surface area contributed by atoms with Crippen molar-refractivity contribution in [2.45, 2.75) is 13.0 Å². The number of aromatic nitrogens is 4. The highest BCUT2D eigenvalue weighted by atomic mass is 19.1. The van der Waals surface area contributed by atoms with Crippen molar-refractivity contribution in [3.8, 4) is 11.4 Å². The van der Waals surface area contributed by atoms with E-state index in [0.717, 1.165) is 0 Å². The SMILES string of the molecule is C[C@@H](OC(=O)Nc1c(-c2ncc(N)cn2)cnn1C)c1ccccc1F. The summed E-state index contributed by atoms with van der Waals surface area (Å²) in [6.45, 7) is 1.59. The van der Waals surface area contributed by atoms with Crippen LogP contribution in [0, 0.1) is 5.82 Å². The van der Waals surface area contributed by atoms with Gasteiger partial charge in [-0.1, -0.05) is 18.2 Å². The number of carbonyl (C=O) groups excluding carboxylic acids is 1. The van der Waals surface area contributed by atoms with E-state index in [1.54, 1.807) is 32.2 Å². The van der Waals surface area contributed by atoms with Crippen LogP contribution in [0.5, 0.6) is 0 Å². The van der Waals surface area contributed by atoms with Crippen molar-refractivity contribution in [1.29, 1.82) is 0 Å². The van der Waals surface area contributed by atoms with Gasteiger partial charge in [-0.15, -0.1) is 0 Å². The zero-order chi connectivity index (χ0) is 18.7. The molecule has 0 fully saturated rings. The van der Waals surface area contributed by atoms with E-state index in [9.17, 15) is 9.18 Å². The van der Waals surface area contributed by atoms with Crippen LogP contribution in [0.25, 0.3) is 11.4 Å². The lowest BCUT2D eigenvalue weighted by atomic mass is 10.1. The van der Waals surface area contributed by atoms with E-state index >= 15 is 0 Å². The maximum Gasteiger partial charge on any atom is 0.413 e. The Morgan fingerprint density at radius 1 is 1.27 bits per heavy atom. The summed E-state index contributed by atoms with van der Waals surface area (Å²) in [6.07, 6.45) is 2.92. The van der Waals surface area contributed by atoms with Gasteiger partial charge in [0.05, 0.1) is 29.8 Å². The van der Waals surface area contributed by atoms with Crippen LogP contribution < -0.4 is 11.1 Å². The molecule has 3 rings (SSSR count). The van der Waals surface area contributed by atoms with Gasteiger partial charge in [-0.3, -0.25) is 10.00 Å². The van der Waals surface area contributed by atoms with Crippen LogP contribution in [0.15, 0.2) is 42.9 Å². The number of hydrogen-bond acceptors (Lipinski definition) is 6. The fourth-order valence-electron chi connectivity index (χ4n) is 2.38. The second kappa shape index (κ2) is 7.18. The first kappa shape index (κ1) is 17.3. The van der Waals surface area contributed by atoms with Crippen molar-refractivity contribution in [2.75, 3.05) is 11.1 Å². The summed E-state index contributed by atoms with van der Waals surface area (Å²) >= 11 is 0. The van der Waals surface area contributed by atoms with Crippen LogP contribution in [-0.2, 0) is 11.8 Å². The number of ether oxygens (including phenoxy) is 1. The molecule has 8 nitrogen and oxygen atoms in total. The molecule has 2 heterocycles. The van der Waals surface area contributed by atoms with Gasteiger partial charge in [0.2, 0.25) is 0 Å². The summed E-state index contributed by atoms with van der Waals surface area (Å²) in [5, 5.41) is 6.69. The lowest BCUT2D eigenvalue weighted by molar-refractivity contribution is 0.119. The van der Waals surface area contributed by atoms with Crippen molar-refractivity contribution in [2.24, 2.45) is 7.05 Å². The smallest absolute Gasteiger partial charge is 0.413 e. The third-order valence-electron chi connectivity index (χ3n) is 3.70. The van der Waals surface area contributed by atoms with E-state index in [1.807, 2.05) is 0 Å². The Kier molecular flexibility index (Phi) is 4.78.